The highest BCUT2D eigenvalue weighted by Gasteiger charge is 2.20. The SMILES string of the molecule is O=C1CCC(c2ccc([N+](=O)[O-])cc2)CC1. The van der Waals surface area contributed by atoms with Crippen molar-refractivity contribution in [2.75, 3.05) is 0 Å². The van der Waals surface area contributed by atoms with Crippen LogP contribution in [0.25, 0.3) is 0 Å². The van der Waals surface area contributed by atoms with Crippen molar-refractivity contribution >= 4 is 11.5 Å². The van der Waals surface area contributed by atoms with Gasteiger partial charge in [-0.2, -0.15) is 0 Å². The number of carbonyl (C=O) groups is 1. The van der Waals surface area contributed by atoms with E-state index in [0.29, 0.717) is 24.5 Å². The van der Waals surface area contributed by atoms with Gasteiger partial charge in [-0.25, -0.2) is 0 Å². The minimum Gasteiger partial charge on any atom is -0.300 e. The molecule has 0 heterocycles. The lowest BCUT2D eigenvalue weighted by Gasteiger charge is -2.20. The zero-order valence-corrected chi connectivity index (χ0v) is 8.89. The number of nitrogens with zero attached hydrogens (tertiary/aromatic N) is 1. The van der Waals surface area contributed by atoms with Gasteiger partial charge in [0.2, 0.25) is 0 Å². The van der Waals surface area contributed by atoms with Gasteiger partial charge >= 0.3 is 0 Å². The topological polar surface area (TPSA) is 60.2 Å². The van der Waals surface area contributed by atoms with Crippen molar-refractivity contribution in [3.63, 3.8) is 0 Å². The van der Waals surface area contributed by atoms with E-state index < -0.39 is 4.92 Å². The molecule has 0 atom stereocenters. The van der Waals surface area contributed by atoms with E-state index in [4.69, 9.17) is 0 Å². The van der Waals surface area contributed by atoms with Crippen LogP contribution >= 0.6 is 0 Å². The lowest BCUT2D eigenvalue weighted by atomic mass is 9.83. The molecule has 0 saturated heterocycles. The number of hydrogen-bond acceptors (Lipinski definition) is 3. The molecule has 16 heavy (non-hydrogen) atoms. The van der Waals surface area contributed by atoms with Gasteiger partial charge in [-0.05, 0) is 24.3 Å². The zero-order valence-electron chi connectivity index (χ0n) is 8.89. The molecule has 0 bridgehead atoms. The summed E-state index contributed by atoms with van der Waals surface area (Å²) < 4.78 is 0. The van der Waals surface area contributed by atoms with E-state index >= 15 is 0 Å². The van der Waals surface area contributed by atoms with Gasteiger partial charge in [0.15, 0.2) is 0 Å². The molecule has 0 aromatic heterocycles. The quantitative estimate of drug-likeness (QED) is 0.567. The van der Waals surface area contributed by atoms with Gasteiger partial charge in [0.05, 0.1) is 4.92 Å². The van der Waals surface area contributed by atoms with Crippen molar-refractivity contribution < 1.29 is 9.72 Å². The van der Waals surface area contributed by atoms with Gasteiger partial charge in [-0.3, -0.25) is 14.9 Å². The first-order valence-corrected chi connectivity index (χ1v) is 5.43. The molecule has 2 rings (SSSR count). The van der Waals surface area contributed by atoms with Crippen LogP contribution in [0.3, 0.4) is 0 Å². The maximum atomic E-state index is 11.1. The summed E-state index contributed by atoms with van der Waals surface area (Å²) in [6.45, 7) is 0. The van der Waals surface area contributed by atoms with Gasteiger partial charge in [-0.15, -0.1) is 0 Å². The Balaban J connectivity index is 2.10. The van der Waals surface area contributed by atoms with Crippen LogP contribution in [0.2, 0.25) is 0 Å². The number of benzene rings is 1. The molecule has 0 amide bonds. The van der Waals surface area contributed by atoms with E-state index in [1.54, 1.807) is 12.1 Å². The van der Waals surface area contributed by atoms with Crippen LogP contribution in [-0.4, -0.2) is 10.7 Å². The monoisotopic (exact) mass is 219 g/mol. The predicted molar refractivity (Wildman–Crippen MR) is 59.3 cm³/mol. The second-order valence-corrected chi connectivity index (χ2v) is 4.16. The van der Waals surface area contributed by atoms with Gasteiger partial charge in [0, 0.05) is 25.0 Å². The van der Waals surface area contributed by atoms with Crippen molar-refractivity contribution in [1.82, 2.24) is 0 Å². The summed E-state index contributed by atoms with van der Waals surface area (Å²) in [7, 11) is 0. The standard InChI is InChI=1S/C12H13NO3/c14-12-7-3-10(4-8-12)9-1-5-11(6-2-9)13(15)16/h1-2,5-6,10H,3-4,7-8H2. The predicted octanol–water partition coefficient (Wildman–Crippen LogP) is 2.82. The average molecular weight is 219 g/mol. The highest BCUT2D eigenvalue weighted by Crippen LogP contribution is 2.31. The first kappa shape index (κ1) is 10.8. The van der Waals surface area contributed by atoms with E-state index in [-0.39, 0.29) is 5.69 Å². The van der Waals surface area contributed by atoms with E-state index in [2.05, 4.69) is 0 Å². The lowest BCUT2D eigenvalue weighted by Crippen LogP contribution is -2.12. The van der Waals surface area contributed by atoms with E-state index in [0.717, 1.165) is 18.4 Å². The van der Waals surface area contributed by atoms with Gasteiger partial charge in [0.25, 0.3) is 5.69 Å². The van der Waals surface area contributed by atoms with E-state index in [9.17, 15) is 14.9 Å². The molecule has 1 saturated carbocycles. The first-order valence-electron chi connectivity index (χ1n) is 5.43. The maximum absolute atomic E-state index is 11.1. The number of ketones is 1. The second-order valence-electron chi connectivity index (χ2n) is 4.16. The van der Waals surface area contributed by atoms with Crippen molar-refractivity contribution in [3.05, 3.63) is 39.9 Å². The van der Waals surface area contributed by atoms with Crippen LogP contribution in [0.5, 0.6) is 0 Å². The van der Waals surface area contributed by atoms with Crippen LogP contribution in [0.4, 0.5) is 5.69 Å². The summed E-state index contributed by atoms with van der Waals surface area (Å²) in [5.74, 6) is 0.719. The Kier molecular flexibility index (Phi) is 2.99. The smallest absolute Gasteiger partial charge is 0.269 e. The summed E-state index contributed by atoms with van der Waals surface area (Å²) >= 11 is 0. The van der Waals surface area contributed by atoms with Crippen molar-refractivity contribution in [2.45, 2.75) is 31.6 Å². The van der Waals surface area contributed by atoms with Crippen LogP contribution in [-0.2, 0) is 4.79 Å². The molecule has 1 aliphatic rings. The van der Waals surface area contributed by atoms with Crippen LogP contribution in [0.15, 0.2) is 24.3 Å². The maximum Gasteiger partial charge on any atom is 0.269 e. The van der Waals surface area contributed by atoms with Crippen molar-refractivity contribution in [2.24, 2.45) is 0 Å². The van der Waals surface area contributed by atoms with E-state index in [1.807, 2.05) is 0 Å². The number of Topliss-reactive ketones (excluding diaryl/α,β-unsaturated/α-hetero) is 1. The van der Waals surface area contributed by atoms with Crippen LogP contribution in [0, 0.1) is 10.1 Å². The minimum absolute atomic E-state index is 0.121. The van der Waals surface area contributed by atoms with Gasteiger partial charge in [-0.1, -0.05) is 12.1 Å². The van der Waals surface area contributed by atoms with Crippen LogP contribution in [0.1, 0.15) is 37.2 Å². The molecule has 0 radical (unpaired) electrons. The third-order valence-electron chi connectivity index (χ3n) is 3.12. The van der Waals surface area contributed by atoms with Gasteiger partial charge < -0.3 is 0 Å². The largest absolute Gasteiger partial charge is 0.300 e. The Hall–Kier alpha value is -1.71. The summed E-state index contributed by atoms with van der Waals surface area (Å²) in [5, 5.41) is 10.5. The number of hydrogen-bond donors (Lipinski definition) is 0. The molecule has 1 aliphatic carbocycles. The third kappa shape index (κ3) is 2.27. The molecule has 0 aliphatic heterocycles. The Morgan fingerprint density at radius 2 is 1.69 bits per heavy atom. The average Bonchev–Trinajstić information content (AvgIpc) is 2.30. The molecule has 0 unspecified atom stereocenters. The highest BCUT2D eigenvalue weighted by atomic mass is 16.6. The summed E-state index contributed by atoms with van der Waals surface area (Å²) in [5.41, 5.74) is 1.23. The normalized spacial score (nSPS) is 17.4. The highest BCUT2D eigenvalue weighted by molar-refractivity contribution is 5.79. The Bertz CT molecular complexity index is 401. The number of nitro groups is 1. The molecule has 0 spiro atoms. The first-order chi connectivity index (χ1) is 7.66. The fraction of sp³-hybridized carbons (Fsp3) is 0.417. The summed E-state index contributed by atoms with van der Waals surface area (Å²) in [4.78, 5) is 21.2. The molecule has 1 aromatic carbocycles. The molecule has 0 N–H and O–H groups in total. The van der Waals surface area contributed by atoms with Crippen LogP contribution < -0.4 is 0 Å². The Morgan fingerprint density at radius 1 is 1.12 bits per heavy atom. The molecule has 1 fully saturated rings. The number of rotatable bonds is 2. The number of nitro benzene ring substituents is 1. The molecule has 4 heteroatoms. The minimum atomic E-state index is -0.395. The third-order valence-corrected chi connectivity index (χ3v) is 3.12. The fourth-order valence-corrected chi connectivity index (χ4v) is 2.14. The molecular formula is C12H13NO3. The second kappa shape index (κ2) is 4.43. The van der Waals surface area contributed by atoms with E-state index in [1.165, 1.54) is 12.1 Å². The molecule has 1 aromatic rings. The van der Waals surface area contributed by atoms with Gasteiger partial charge in [0.1, 0.15) is 5.78 Å². The molecule has 84 valence electrons. The van der Waals surface area contributed by atoms with Crippen molar-refractivity contribution in [1.29, 1.82) is 0 Å². The Morgan fingerprint density at radius 3 is 2.19 bits per heavy atom. The zero-order chi connectivity index (χ0) is 11.5. The van der Waals surface area contributed by atoms with Crippen molar-refractivity contribution in [3.8, 4) is 0 Å². The number of carbonyl (C=O) groups excluding carboxylic acids is 1. The lowest BCUT2D eigenvalue weighted by molar-refractivity contribution is -0.384. The Labute approximate surface area is 93.4 Å². The fourth-order valence-electron chi connectivity index (χ4n) is 2.14. The summed E-state index contributed by atoms with van der Waals surface area (Å²) in [6.07, 6.45) is 3.02. The summed E-state index contributed by atoms with van der Waals surface area (Å²) in [6, 6.07) is 6.68. The molecule has 4 nitrogen and oxygen atoms in total. The number of non-ortho nitro benzene ring substituents is 1. The molecular weight excluding hydrogens is 206 g/mol.